The van der Waals surface area contributed by atoms with E-state index in [1.165, 1.54) is 0 Å². The quantitative estimate of drug-likeness (QED) is 0.424. The van der Waals surface area contributed by atoms with Gasteiger partial charge in [-0.1, -0.05) is 29.5 Å². The van der Waals surface area contributed by atoms with Gasteiger partial charge in [-0.05, 0) is 43.7 Å². The lowest BCUT2D eigenvalue weighted by Crippen LogP contribution is -2.37. The van der Waals surface area contributed by atoms with E-state index in [2.05, 4.69) is 15.2 Å². The molecule has 3 heterocycles. The Kier molecular flexibility index (Phi) is 6.77. The number of morpholine rings is 1. The molecule has 0 unspecified atom stereocenters. The maximum absolute atomic E-state index is 12.6. The number of nitrogens with zero attached hydrogens (tertiary/aromatic N) is 7. The number of anilines is 1. The van der Waals surface area contributed by atoms with Crippen molar-refractivity contribution in [2.24, 2.45) is 0 Å². The number of rotatable bonds is 7. The number of aromatic nitrogens is 5. The second-order valence-corrected chi connectivity index (χ2v) is 8.61. The highest BCUT2D eigenvalue weighted by Crippen LogP contribution is 2.28. The summed E-state index contributed by atoms with van der Waals surface area (Å²) in [5.41, 5.74) is 3.57. The zero-order chi connectivity index (χ0) is 25.1. The van der Waals surface area contributed by atoms with Gasteiger partial charge < -0.3 is 19.6 Å². The maximum atomic E-state index is 12.6. The van der Waals surface area contributed by atoms with Crippen molar-refractivity contribution in [1.82, 2.24) is 29.9 Å². The summed E-state index contributed by atoms with van der Waals surface area (Å²) in [6, 6.07) is 14.5. The fourth-order valence-electron chi connectivity index (χ4n) is 4.34. The van der Waals surface area contributed by atoms with Crippen LogP contribution in [-0.2, 0) is 11.3 Å². The van der Waals surface area contributed by atoms with Crippen molar-refractivity contribution in [3.8, 4) is 17.1 Å². The van der Waals surface area contributed by atoms with Crippen LogP contribution in [0.2, 0.25) is 0 Å². The number of hydrogen-bond acceptors (Lipinski definition) is 8. The molecule has 0 saturated carbocycles. The van der Waals surface area contributed by atoms with Gasteiger partial charge in [-0.15, -0.1) is 5.10 Å². The first-order chi connectivity index (χ1) is 17.6. The van der Waals surface area contributed by atoms with E-state index in [1.807, 2.05) is 44.2 Å². The zero-order valence-electron chi connectivity index (χ0n) is 20.5. The van der Waals surface area contributed by atoms with Gasteiger partial charge in [0.05, 0.1) is 19.8 Å². The van der Waals surface area contributed by atoms with Crippen molar-refractivity contribution in [3.63, 3.8) is 0 Å². The summed E-state index contributed by atoms with van der Waals surface area (Å²) in [7, 11) is 0. The first kappa shape index (κ1) is 23.7. The number of amides is 1. The molecule has 1 N–H and O–H groups in total. The number of ether oxygens (including phenoxy) is 1. The second-order valence-electron chi connectivity index (χ2n) is 8.61. The van der Waals surface area contributed by atoms with E-state index in [9.17, 15) is 9.90 Å². The Hall–Kier alpha value is -4.05. The normalized spacial score (nSPS) is 13.8. The summed E-state index contributed by atoms with van der Waals surface area (Å²) in [6.07, 6.45) is 0. The monoisotopic (exact) mass is 487 g/mol. The molecule has 0 radical (unpaired) electrons. The predicted octanol–water partition coefficient (Wildman–Crippen LogP) is 2.96. The van der Waals surface area contributed by atoms with Crippen LogP contribution in [0.5, 0.6) is 5.75 Å². The highest BCUT2D eigenvalue weighted by Gasteiger charge is 2.22. The van der Waals surface area contributed by atoms with E-state index in [0.29, 0.717) is 79.9 Å². The van der Waals surface area contributed by atoms with E-state index in [-0.39, 0.29) is 11.7 Å². The molecule has 36 heavy (non-hydrogen) atoms. The van der Waals surface area contributed by atoms with E-state index >= 15 is 0 Å². The summed E-state index contributed by atoms with van der Waals surface area (Å²) in [4.78, 5) is 26.2. The number of aromatic hydroxyl groups is 1. The molecule has 10 heteroatoms. The molecule has 5 rings (SSSR count). The lowest BCUT2D eigenvalue weighted by molar-refractivity contribution is 0.0773. The summed E-state index contributed by atoms with van der Waals surface area (Å²) in [5, 5.41) is 18.8. The molecular formula is C26H29N7O3. The first-order valence-electron chi connectivity index (χ1n) is 12.2. The molecule has 2 aromatic heterocycles. The number of phenols is 1. The van der Waals surface area contributed by atoms with E-state index in [0.717, 1.165) is 5.56 Å². The lowest BCUT2D eigenvalue weighted by Gasteiger charge is -2.28. The van der Waals surface area contributed by atoms with Crippen LogP contribution in [0.15, 0.2) is 48.5 Å². The van der Waals surface area contributed by atoms with Crippen LogP contribution in [0.25, 0.3) is 22.6 Å². The van der Waals surface area contributed by atoms with Crippen molar-refractivity contribution >= 4 is 22.9 Å². The highest BCUT2D eigenvalue weighted by molar-refractivity contribution is 5.94. The average Bonchev–Trinajstić information content (AvgIpc) is 3.32. The Balaban J connectivity index is 1.51. The molecule has 2 aromatic carbocycles. The predicted molar refractivity (Wildman–Crippen MR) is 136 cm³/mol. The molecule has 1 aliphatic rings. The van der Waals surface area contributed by atoms with Gasteiger partial charge in [-0.3, -0.25) is 4.79 Å². The molecule has 1 saturated heterocycles. The third kappa shape index (κ3) is 4.72. The SMILES string of the molecule is CCN(CC)C(=O)c1ccc(Cn2nnc3c(N4CCOCC4)nc(-c4cccc(O)c4)nc32)cc1. The van der Waals surface area contributed by atoms with Gasteiger partial charge in [0.1, 0.15) is 5.75 Å². The zero-order valence-corrected chi connectivity index (χ0v) is 20.5. The number of benzene rings is 2. The van der Waals surface area contributed by atoms with Crippen molar-refractivity contribution in [1.29, 1.82) is 0 Å². The third-order valence-corrected chi connectivity index (χ3v) is 6.34. The fraction of sp³-hybridized carbons (Fsp3) is 0.346. The smallest absolute Gasteiger partial charge is 0.253 e. The Morgan fingerprint density at radius 1 is 1.06 bits per heavy atom. The second kappa shape index (κ2) is 10.3. The topological polar surface area (TPSA) is 110 Å². The molecule has 1 aliphatic heterocycles. The summed E-state index contributed by atoms with van der Waals surface area (Å²) < 4.78 is 7.26. The molecule has 186 valence electrons. The van der Waals surface area contributed by atoms with Crippen LogP contribution < -0.4 is 4.90 Å². The Morgan fingerprint density at radius 3 is 2.50 bits per heavy atom. The van der Waals surface area contributed by atoms with Crippen molar-refractivity contribution in [2.75, 3.05) is 44.3 Å². The number of phenolic OH excluding ortho intramolecular Hbond substituents is 1. The Morgan fingerprint density at radius 2 is 1.81 bits per heavy atom. The van der Waals surface area contributed by atoms with E-state index in [4.69, 9.17) is 14.7 Å². The molecule has 0 spiro atoms. The van der Waals surface area contributed by atoms with Gasteiger partial charge >= 0.3 is 0 Å². The first-order valence-corrected chi connectivity index (χ1v) is 12.2. The molecular weight excluding hydrogens is 458 g/mol. The molecule has 10 nitrogen and oxygen atoms in total. The van der Waals surface area contributed by atoms with Crippen molar-refractivity contribution in [3.05, 3.63) is 59.7 Å². The number of hydrogen-bond donors (Lipinski definition) is 1. The van der Waals surface area contributed by atoms with Crippen LogP contribution in [0.3, 0.4) is 0 Å². The average molecular weight is 488 g/mol. The highest BCUT2D eigenvalue weighted by atomic mass is 16.5. The lowest BCUT2D eigenvalue weighted by atomic mass is 10.1. The standard InChI is InChI=1S/C26H29N7O3/c1-3-31(4-2)26(35)19-10-8-18(9-11-19)17-33-25-22(29-30-33)24(32-12-14-36-15-13-32)27-23(28-25)20-6-5-7-21(34)16-20/h5-11,16,34H,3-4,12-15,17H2,1-2H3. The van der Waals surface area contributed by atoms with Crippen LogP contribution in [-0.4, -0.2) is 80.3 Å². The Labute approximate surface area is 209 Å². The van der Waals surface area contributed by atoms with Crippen LogP contribution in [0.4, 0.5) is 5.82 Å². The Bertz CT molecular complexity index is 1360. The van der Waals surface area contributed by atoms with Crippen molar-refractivity contribution < 1.29 is 14.6 Å². The number of carbonyl (C=O) groups excluding carboxylic acids is 1. The maximum Gasteiger partial charge on any atom is 0.253 e. The van der Waals surface area contributed by atoms with Gasteiger partial charge in [0, 0.05) is 37.3 Å². The van der Waals surface area contributed by atoms with Crippen LogP contribution in [0.1, 0.15) is 29.8 Å². The fourth-order valence-corrected chi connectivity index (χ4v) is 4.34. The van der Waals surface area contributed by atoms with Gasteiger partial charge in [-0.25, -0.2) is 14.6 Å². The van der Waals surface area contributed by atoms with Crippen molar-refractivity contribution in [2.45, 2.75) is 20.4 Å². The minimum absolute atomic E-state index is 0.0244. The molecule has 4 aromatic rings. The van der Waals surface area contributed by atoms with E-state index in [1.54, 1.807) is 27.8 Å². The largest absolute Gasteiger partial charge is 0.508 e. The number of fused-ring (bicyclic) bond motifs is 1. The third-order valence-electron chi connectivity index (χ3n) is 6.34. The molecule has 1 fully saturated rings. The molecule has 0 atom stereocenters. The van der Waals surface area contributed by atoms with E-state index < -0.39 is 0 Å². The molecule has 0 bridgehead atoms. The van der Waals surface area contributed by atoms with Gasteiger partial charge in [0.25, 0.3) is 5.91 Å². The van der Waals surface area contributed by atoms with Crippen LogP contribution in [0, 0.1) is 0 Å². The minimum atomic E-state index is 0.0244. The minimum Gasteiger partial charge on any atom is -0.508 e. The number of carbonyl (C=O) groups is 1. The van der Waals surface area contributed by atoms with Gasteiger partial charge in [0.2, 0.25) is 0 Å². The molecule has 0 aliphatic carbocycles. The molecule has 1 amide bonds. The van der Waals surface area contributed by atoms with Gasteiger partial charge in [-0.2, -0.15) is 0 Å². The van der Waals surface area contributed by atoms with Crippen LogP contribution >= 0.6 is 0 Å². The summed E-state index contributed by atoms with van der Waals surface area (Å²) in [6.45, 7) is 8.35. The van der Waals surface area contributed by atoms with Gasteiger partial charge in [0.15, 0.2) is 22.8 Å². The summed E-state index contributed by atoms with van der Waals surface area (Å²) >= 11 is 0. The summed E-state index contributed by atoms with van der Waals surface area (Å²) in [5.74, 6) is 1.36.